The molecule has 2 aliphatic rings. The monoisotopic (exact) mass is 266 g/mol. The van der Waals surface area contributed by atoms with Crippen molar-refractivity contribution < 1.29 is 0 Å². The summed E-state index contributed by atoms with van der Waals surface area (Å²) in [5.74, 6) is 2.53. The lowest BCUT2D eigenvalue weighted by Gasteiger charge is -2.44. The van der Waals surface area contributed by atoms with Crippen molar-refractivity contribution in [1.29, 1.82) is 0 Å². The van der Waals surface area contributed by atoms with Crippen LogP contribution in [0.2, 0.25) is 0 Å². The number of nitrogens with one attached hydrogen (secondary N) is 1. The van der Waals surface area contributed by atoms with Gasteiger partial charge in [-0.15, -0.1) is 0 Å². The molecule has 1 heterocycles. The second-order valence-corrected chi connectivity index (χ2v) is 7.50. The van der Waals surface area contributed by atoms with Crippen LogP contribution in [0.3, 0.4) is 0 Å². The maximum atomic E-state index is 3.70. The Bertz CT molecular complexity index is 262. The van der Waals surface area contributed by atoms with Gasteiger partial charge in [-0.1, -0.05) is 34.1 Å². The maximum Gasteiger partial charge on any atom is 0.0246 e. The van der Waals surface area contributed by atoms with Crippen molar-refractivity contribution in [2.45, 2.75) is 71.9 Å². The average molecular weight is 266 g/mol. The van der Waals surface area contributed by atoms with E-state index in [9.17, 15) is 0 Å². The summed E-state index contributed by atoms with van der Waals surface area (Å²) in [5.41, 5.74) is 0. The fourth-order valence-corrected chi connectivity index (χ4v) is 4.16. The van der Waals surface area contributed by atoms with Crippen LogP contribution < -0.4 is 5.32 Å². The fourth-order valence-electron chi connectivity index (χ4n) is 4.16. The minimum absolute atomic E-state index is 0.740. The highest BCUT2D eigenvalue weighted by molar-refractivity contribution is 4.93. The van der Waals surface area contributed by atoms with Gasteiger partial charge in [-0.3, -0.25) is 4.90 Å². The third-order valence-electron chi connectivity index (χ3n) is 5.14. The van der Waals surface area contributed by atoms with Crippen LogP contribution in [0, 0.1) is 17.8 Å². The number of fused-ring (bicyclic) bond motifs is 1. The van der Waals surface area contributed by atoms with E-state index in [1.54, 1.807) is 0 Å². The van der Waals surface area contributed by atoms with Crippen LogP contribution in [0.4, 0.5) is 0 Å². The molecule has 3 unspecified atom stereocenters. The van der Waals surface area contributed by atoms with Crippen LogP contribution in [-0.2, 0) is 0 Å². The SMILES string of the molecule is CC(C)CNCC(C(C)C)N1CCCC2CCCC21. The molecule has 19 heavy (non-hydrogen) atoms. The molecule has 0 aromatic carbocycles. The van der Waals surface area contributed by atoms with E-state index in [2.05, 4.69) is 37.9 Å². The van der Waals surface area contributed by atoms with E-state index in [4.69, 9.17) is 0 Å². The predicted octanol–water partition coefficient (Wildman–Crippen LogP) is 3.52. The van der Waals surface area contributed by atoms with E-state index in [1.807, 2.05) is 0 Å². The zero-order chi connectivity index (χ0) is 13.8. The Kier molecular flexibility index (Phi) is 5.70. The van der Waals surface area contributed by atoms with Gasteiger partial charge in [-0.25, -0.2) is 0 Å². The molecule has 2 heteroatoms. The molecule has 112 valence electrons. The maximum absolute atomic E-state index is 3.70. The summed E-state index contributed by atoms with van der Waals surface area (Å²) in [6.45, 7) is 13.1. The van der Waals surface area contributed by atoms with Crippen molar-refractivity contribution in [3.8, 4) is 0 Å². The lowest BCUT2D eigenvalue weighted by molar-refractivity contribution is 0.0458. The third-order valence-corrected chi connectivity index (χ3v) is 5.14. The van der Waals surface area contributed by atoms with Gasteiger partial charge < -0.3 is 5.32 Å². The van der Waals surface area contributed by atoms with Crippen molar-refractivity contribution >= 4 is 0 Å². The Morgan fingerprint density at radius 1 is 1.00 bits per heavy atom. The van der Waals surface area contributed by atoms with E-state index in [0.717, 1.165) is 36.4 Å². The van der Waals surface area contributed by atoms with Crippen LogP contribution in [0.15, 0.2) is 0 Å². The van der Waals surface area contributed by atoms with Gasteiger partial charge in [-0.2, -0.15) is 0 Å². The van der Waals surface area contributed by atoms with Gasteiger partial charge in [0, 0.05) is 18.6 Å². The first-order valence-corrected chi connectivity index (χ1v) is 8.56. The van der Waals surface area contributed by atoms with Gasteiger partial charge >= 0.3 is 0 Å². The number of hydrogen-bond acceptors (Lipinski definition) is 2. The van der Waals surface area contributed by atoms with Crippen molar-refractivity contribution in [3.63, 3.8) is 0 Å². The second-order valence-electron chi connectivity index (χ2n) is 7.50. The van der Waals surface area contributed by atoms with Gasteiger partial charge in [0.1, 0.15) is 0 Å². The smallest absolute Gasteiger partial charge is 0.0246 e. The average Bonchev–Trinajstić information content (AvgIpc) is 2.82. The molecule has 0 spiro atoms. The number of likely N-dealkylation sites (tertiary alicyclic amines) is 1. The van der Waals surface area contributed by atoms with Gasteiger partial charge in [0.25, 0.3) is 0 Å². The highest BCUT2D eigenvalue weighted by atomic mass is 15.2. The van der Waals surface area contributed by atoms with E-state index in [0.29, 0.717) is 0 Å². The summed E-state index contributed by atoms with van der Waals surface area (Å²) in [6, 6.07) is 1.65. The molecule has 1 saturated heterocycles. The van der Waals surface area contributed by atoms with Gasteiger partial charge in [0.15, 0.2) is 0 Å². The van der Waals surface area contributed by atoms with Crippen LogP contribution in [0.25, 0.3) is 0 Å². The summed E-state index contributed by atoms with van der Waals surface area (Å²) in [6.07, 6.45) is 7.33. The number of hydrogen-bond donors (Lipinski definition) is 1. The van der Waals surface area contributed by atoms with E-state index < -0.39 is 0 Å². The molecule has 2 fully saturated rings. The van der Waals surface area contributed by atoms with Crippen molar-refractivity contribution in [3.05, 3.63) is 0 Å². The zero-order valence-corrected chi connectivity index (χ0v) is 13.5. The third kappa shape index (κ3) is 3.95. The Balaban J connectivity index is 1.93. The molecule has 0 bridgehead atoms. The van der Waals surface area contributed by atoms with Crippen LogP contribution in [0.1, 0.15) is 59.8 Å². The molecule has 1 aliphatic carbocycles. The van der Waals surface area contributed by atoms with Gasteiger partial charge in [-0.05, 0) is 56.5 Å². The summed E-state index contributed by atoms with van der Waals surface area (Å²) < 4.78 is 0. The molecule has 0 aromatic rings. The molecular weight excluding hydrogens is 232 g/mol. The van der Waals surface area contributed by atoms with E-state index in [1.165, 1.54) is 45.2 Å². The summed E-state index contributed by atoms with van der Waals surface area (Å²) in [5, 5.41) is 3.70. The zero-order valence-electron chi connectivity index (χ0n) is 13.5. The van der Waals surface area contributed by atoms with Crippen molar-refractivity contribution in [2.24, 2.45) is 17.8 Å². The normalized spacial score (nSPS) is 30.0. The lowest BCUT2D eigenvalue weighted by atomic mass is 9.88. The molecule has 1 saturated carbocycles. The van der Waals surface area contributed by atoms with Gasteiger partial charge in [0.05, 0.1) is 0 Å². The largest absolute Gasteiger partial charge is 0.315 e. The molecular formula is C17H34N2. The van der Waals surface area contributed by atoms with Crippen LogP contribution in [-0.4, -0.2) is 36.6 Å². The topological polar surface area (TPSA) is 15.3 Å². The van der Waals surface area contributed by atoms with Crippen molar-refractivity contribution in [1.82, 2.24) is 10.2 Å². The molecule has 0 amide bonds. The first-order chi connectivity index (χ1) is 9.09. The van der Waals surface area contributed by atoms with Gasteiger partial charge in [0.2, 0.25) is 0 Å². The molecule has 2 rings (SSSR count). The first kappa shape index (κ1) is 15.3. The standard InChI is InChI=1S/C17H34N2/c1-13(2)11-18-12-17(14(3)4)19-10-6-8-15-7-5-9-16(15)19/h13-18H,5-12H2,1-4H3. The summed E-state index contributed by atoms with van der Waals surface area (Å²) in [7, 11) is 0. The molecule has 0 aromatic heterocycles. The quantitative estimate of drug-likeness (QED) is 0.791. The molecule has 1 N–H and O–H groups in total. The molecule has 1 aliphatic heterocycles. The van der Waals surface area contributed by atoms with Crippen LogP contribution in [0.5, 0.6) is 0 Å². The molecule has 2 nitrogen and oxygen atoms in total. The Morgan fingerprint density at radius 3 is 2.42 bits per heavy atom. The number of rotatable bonds is 6. The highest BCUT2D eigenvalue weighted by Gasteiger charge is 2.38. The summed E-state index contributed by atoms with van der Waals surface area (Å²) >= 11 is 0. The molecule has 3 atom stereocenters. The highest BCUT2D eigenvalue weighted by Crippen LogP contribution is 2.38. The fraction of sp³-hybridized carbons (Fsp3) is 1.00. The van der Waals surface area contributed by atoms with E-state index in [-0.39, 0.29) is 0 Å². The Morgan fingerprint density at radius 2 is 1.74 bits per heavy atom. The summed E-state index contributed by atoms with van der Waals surface area (Å²) in [4.78, 5) is 2.87. The van der Waals surface area contributed by atoms with E-state index >= 15 is 0 Å². The van der Waals surface area contributed by atoms with Crippen molar-refractivity contribution in [2.75, 3.05) is 19.6 Å². The lowest BCUT2D eigenvalue weighted by Crippen LogP contribution is -2.54. The minimum Gasteiger partial charge on any atom is -0.315 e. The number of nitrogens with zero attached hydrogens (tertiary/aromatic N) is 1. The first-order valence-electron chi connectivity index (χ1n) is 8.56. The second kappa shape index (κ2) is 7.08. The van der Waals surface area contributed by atoms with Crippen LogP contribution >= 0.6 is 0 Å². The molecule has 0 radical (unpaired) electrons. The number of piperidine rings is 1. The minimum atomic E-state index is 0.740. The predicted molar refractivity (Wildman–Crippen MR) is 83.4 cm³/mol. The Labute approximate surface area is 120 Å². The Hall–Kier alpha value is -0.0800.